The van der Waals surface area contributed by atoms with E-state index in [0.29, 0.717) is 25.2 Å². The zero-order valence-corrected chi connectivity index (χ0v) is 15.0. The fraction of sp³-hybridized carbons (Fsp3) is 0.684. The van der Waals surface area contributed by atoms with Gasteiger partial charge in [-0.2, -0.15) is 0 Å². The first-order valence-corrected chi connectivity index (χ1v) is 8.73. The van der Waals surface area contributed by atoms with E-state index < -0.39 is 6.10 Å². The van der Waals surface area contributed by atoms with Crippen LogP contribution < -0.4 is 0 Å². The van der Waals surface area contributed by atoms with Crippen LogP contribution in [0.5, 0.6) is 0 Å². The average molecular weight is 339 g/mol. The molecular weight excluding hydrogens is 309 g/mol. The van der Waals surface area contributed by atoms with Gasteiger partial charge in [-0.1, -0.05) is 18.2 Å². The summed E-state index contributed by atoms with van der Waals surface area (Å²) in [7, 11) is 0. The van der Waals surface area contributed by atoms with Crippen LogP contribution in [-0.2, 0) is 16.0 Å². The fourth-order valence-electron chi connectivity index (χ4n) is 2.84. The Balaban J connectivity index is 1.95. The third-order valence-electron chi connectivity index (χ3n) is 4.02. The van der Waals surface area contributed by atoms with Gasteiger partial charge < -0.3 is 14.6 Å². The molecule has 24 heavy (non-hydrogen) atoms. The van der Waals surface area contributed by atoms with Gasteiger partial charge in [-0.15, -0.1) is 0 Å². The van der Waals surface area contributed by atoms with Gasteiger partial charge in [0.25, 0.3) is 0 Å². The zero-order chi connectivity index (χ0) is 17.6. The zero-order valence-electron chi connectivity index (χ0n) is 15.0. The van der Waals surface area contributed by atoms with Gasteiger partial charge in [-0.25, -0.2) is 4.39 Å². The summed E-state index contributed by atoms with van der Waals surface area (Å²) in [5, 5.41) is 10.3. The van der Waals surface area contributed by atoms with E-state index in [1.165, 1.54) is 6.07 Å². The van der Waals surface area contributed by atoms with Gasteiger partial charge in [0.1, 0.15) is 5.82 Å². The first-order valence-electron chi connectivity index (χ1n) is 8.73. The smallest absolute Gasteiger partial charge is 0.127 e. The Morgan fingerprint density at radius 3 is 2.75 bits per heavy atom. The van der Waals surface area contributed by atoms with E-state index >= 15 is 0 Å². The molecule has 0 aromatic heterocycles. The standard InChI is InChI=1S/C19H30FNO3/c1-19(2,3)24-14-16(22)12-21(13-17-8-6-10-23-17)11-15-7-4-5-9-18(15)20/h4-5,7,9,16-17,22H,6,8,10-14H2,1-3H3/t16-,17+/m0/s1. The number of aliphatic hydroxyl groups is 1. The highest BCUT2D eigenvalue weighted by Crippen LogP contribution is 2.17. The summed E-state index contributed by atoms with van der Waals surface area (Å²) >= 11 is 0. The number of rotatable bonds is 8. The predicted molar refractivity (Wildman–Crippen MR) is 92.4 cm³/mol. The van der Waals surface area contributed by atoms with Crippen LogP contribution in [0.15, 0.2) is 24.3 Å². The van der Waals surface area contributed by atoms with E-state index in [1.54, 1.807) is 12.1 Å². The summed E-state index contributed by atoms with van der Waals surface area (Å²) < 4.78 is 25.3. The lowest BCUT2D eigenvalue weighted by molar-refractivity contribution is -0.0595. The van der Waals surface area contributed by atoms with E-state index in [9.17, 15) is 9.50 Å². The maximum Gasteiger partial charge on any atom is 0.127 e. The van der Waals surface area contributed by atoms with Crippen molar-refractivity contribution in [2.45, 2.75) is 58.0 Å². The van der Waals surface area contributed by atoms with E-state index in [1.807, 2.05) is 26.8 Å². The summed E-state index contributed by atoms with van der Waals surface area (Å²) in [6, 6.07) is 6.78. The molecule has 0 saturated carbocycles. The highest BCUT2D eigenvalue weighted by Gasteiger charge is 2.23. The maximum absolute atomic E-state index is 14.0. The molecule has 0 unspecified atom stereocenters. The normalized spacial score (nSPS) is 19.8. The molecule has 4 nitrogen and oxygen atoms in total. The number of halogens is 1. The number of hydrogen-bond donors (Lipinski definition) is 1. The van der Waals surface area contributed by atoms with Gasteiger partial charge >= 0.3 is 0 Å². The molecule has 0 aliphatic carbocycles. The highest BCUT2D eigenvalue weighted by molar-refractivity contribution is 5.17. The Hall–Kier alpha value is -1.01. The molecule has 0 amide bonds. The number of hydrogen-bond acceptors (Lipinski definition) is 4. The molecule has 1 N–H and O–H groups in total. The monoisotopic (exact) mass is 339 g/mol. The molecule has 136 valence electrons. The predicted octanol–water partition coefficient (Wildman–Crippen LogP) is 2.98. The molecule has 0 radical (unpaired) electrons. The van der Waals surface area contributed by atoms with Gasteiger partial charge in [0, 0.05) is 31.8 Å². The quantitative estimate of drug-likeness (QED) is 0.791. The molecule has 1 aliphatic rings. The summed E-state index contributed by atoms with van der Waals surface area (Å²) in [5.41, 5.74) is 0.353. The average Bonchev–Trinajstić information content (AvgIpc) is 3.00. The van der Waals surface area contributed by atoms with Crippen LogP contribution in [-0.4, -0.2) is 54.1 Å². The Bertz CT molecular complexity index is 498. The molecule has 1 aromatic carbocycles. The molecule has 2 atom stereocenters. The van der Waals surface area contributed by atoms with Crippen LogP contribution in [0.4, 0.5) is 4.39 Å². The molecular formula is C19H30FNO3. The van der Waals surface area contributed by atoms with Gasteiger partial charge in [0.05, 0.1) is 24.4 Å². The maximum atomic E-state index is 14.0. The second-order valence-electron chi connectivity index (χ2n) is 7.50. The molecule has 5 heteroatoms. The minimum absolute atomic E-state index is 0.160. The lowest BCUT2D eigenvalue weighted by Crippen LogP contribution is -2.40. The van der Waals surface area contributed by atoms with Crippen molar-refractivity contribution in [3.05, 3.63) is 35.6 Å². The lowest BCUT2D eigenvalue weighted by atomic mass is 10.1. The SMILES string of the molecule is CC(C)(C)OC[C@@H](O)CN(Cc1ccccc1F)C[C@H]1CCCO1. The molecule has 1 heterocycles. The Morgan fingerprint density at radius 2 is 2.12 bits per heavy atom. The van der Waals surface area contributed by atoms with Crippen molar-refractivity contribution >= 4 is 0 Å². The number of ether oxygens (including phenoxy) is 2. The van der Waals surface area contributed by atoms with Crippen molar-refractivity contribution in [3.63, 3.8) is 0 Å². The summed E-state index contributed by atoms with van der Waals surface area (Å²) in [4.78, 5) is 2.06. The summed E-state index contributed by atoms with van der Waals surface area (Å²) in [5.74, 6) is -0.213. The minimum Gasteiger partial charge on any atom is -0.389 e. The van der Waals surface area contributed by atoms with Crippen molar-refractivity contribution in [1.82, 2.24) is 4.90 Å². The Kier molecular flexibility index (Phi) is 7.16. The second kappa shape index (κ2) is 8.90. The molecule has 1 aromatic rings. The first kappa shape index (κ1) is 19.3. The van der Waals surface area contributed by atoms with Crippen LogP contribution >= 0.6 is 0 Å². The van der Waals surface area contributed by atoms with Gasteiger partial charge in [-0.05, 0) is 39.7 Å². The molecule has 1 saturated heterocycles. The van der Waals surface area contributed by atoms with Crippen molar-refractivity contribution in [3.8, 4) is 0 Å². The summed E-state index contributed by atoms with van der Waals surface area (Å²) in [6.45, 7) is 8.52. The molecule has 2 rings (SSSR count). The third kappa shape index (κ3) is 6.85. The van der Waals surface area contributed by atoms with Crippen LogP contribution in [0.1, 0.15) is 39.2 Å². The van der Waals surface area contributed by atoms with E-state index in [0.717, 1.165) is 19.4 Å². The molecule has 0 bridgehead atoms. The minimum atomic E-state index is -0.614. The van der Waals surface area contributed by atoms with Gasteiger partial charge in [-0.3, -0.25) is 4.90 Å². The van der Waals surface area contributed by atoms with Crippen molar-refractivity contribution in [2.24, 2.45) is 0 Å². The van der Waals surface area contributed by atoms with Crippen molar-refractivity contribution in [2.75, 3.05) is 26.3 Å². The van der Waals surface area contributed by atoms with Gasteiger partial charge in [0.2, 0.25) is 0 Å². The lowest BCUT2D eigenvalue weighted by Gasteiger charge is -2.29. The Morgan fingerprint density at radius 1 is 1.38 bits per heavy atom. The van der Waals surface area contributed by atoms with Crippen molar-refractivity contribution < 1.29 is 19.0 Å². The van der Waals surface area contributed by atoms with E-state index in [4.69, 9.17) is 9.47 Å². The second-order valence-corrected chi connectivity index (χ2v) is 7.50. The number of nitrogens with zero attached hydrogens (tertiary/aromatic N) is 1. The molecule has 0 spiro atoms. The van der Waals surface area contributed by atoms with Crippen LogP contribution in [0.3, 0.4) is 0 Å². The first-order chi connectivity index (χ1) is 11.3. The summed E-state index contributed by atoms with van der Waals surface area (Å²) in [6.07, 6.45) is 1.63. The van der Waals surface area contributed by atoms with Crippen LogP contribution in [0.2, 0.25) is 0 Å². The Labute approximate surface area is 144 Å². The molecule has 1 fully saturated rings. The fourth-order valence-corrected chi connectivity index (χ4v) is 2.84. The number of aliphatic hydroxyl groups excluding tert-OH is 1. The van der Waals surface area contributed by atoms with Crippen LogP contribution in [0, 0.1) is 5.82 Å². The number of benzene rings is 1. The third-order valence-corrected chi connectivity index (χ3v) is 4.02. The highest BCUT2D eigenvalue weighted by atomic mass is 19.1. The molecule has 1 aliphatic heterocycles. The van der Waals surface area contributed by atoms with E-state index in [-0.39, 0.29) is 24.1 Å². The topological polar surface area (TPSA) is 41.9 Å². The largest absolute Gasteiger partial charge is 0.389 e. The van der Waals surface area contributed by atoms with Gasteiger partial charge in [0.15, 0.2) is 0 Å². The van der Waals surface area contributed by atoms with E-state index in [2.05, 4.69) is 4.90 Å². The van der Waals surface area contributed by atoms with Crippen LogP contribution in [0.25, 0.3) is 0 Å². The van der Waals surface area contributed by atoms with Crippen molar-refractivity contribution in [1.29, 1.82) is 0 Å².